The van der Waals surface area contributed by atoms with Crippen molar-refractivity contribution in [1.82, 2.24) is 15.0 Å². The Morgan fingerprint density at radius 3 is 2.53 bits per heavy atom. The molecule has 1 aliphatic carbocycles. The molecule has 6 radical (unpaired) electrons. The van der Waals surface area contributed by atoms with Crippen molar-refractivity contribution in [2.45, 2.75) is 43.0 Å². The minimum absolute atomic E-state index is 0.0397. The molecule has 184 valence electrons. The van der Waals surface area contributed by atoms with E-state index in [1.54, 1.807) is 18.5 Å². The smallest absolute Gasteiger partial charge is 0.229 e. The van der Waals surface area contributed by atoms with Crippen LogP contribution in [-0.2, 0) is 9.53 Å². The Bertz CT molecular complexity index is 1550. The number of carbonyl (C=O) groups is 1. The maximum Gasteiger partial charge on any atom is 0.229 e. The molecule has 5 heterocycles. The first kappa shape index (κ1) is 23.6. The molecule has 1 aromatic carbocycles. The number of oxazole rings is 1. The van der Waals surface area contributed by atoms with Crippen LogP contribution in [-0.4, -0.2) is 74.9 Å². The van der Waals surface area contributed by atoms with Gasteiger partial charge in [-0.05, 0) is 49.9 Å². The average molecular weight is 500 g/mol. The van der Waals surface area contributed by atoms with E-state index in [2.05, 4.69) is 37.6 Å². The SMILES string of the molecule is [B]C([B])([B])Nc1ncc(-c2nc3cc(N4C5CCC4COC5)ccc3o2)c2cc(NC(=O)C3CC3)ncc12. The van der Waals surface area contributed by atoms with Gasteiger partial charge >= 0.3 is 0 Å². The van der Waals surface area contributed by atoms with Gasteiger partial charge in [0.05, 0.1) is 54.4 Å². The lowest BCUT2D eigenvalue weighted by Gasteiger charge is -2.36. The lowest BCUT2D eigenvalue weighted by molar-refractivity contribution is -0.117. The number of nitrogens with zero attached hydrogens (tertiary/aromatic N) is 4. The highest BCUT2D eigenvalue weighted by Crippen LogP contribution is 2.38. The first-order chi connectivity index (χ1) is 18.3. The number of anilines is 3. The van der Waals surface area contributed by atoms with Gasteiger partial charge in [-0.15, -0.1) is 0 Å². The van der Waals surface area contributed by atoms with Crippen LogP contribution in [0.1, 0.15) is 25.7 Å². The van der Waals surface area contributed by atoms with Crippen molar-refractivity contribution in [3.63, 3.8) is 0 Å². The quantitative estimate of drug-likeness (QED) is 0.390. The molecular weight excluding hydrogens is 477 g/mol. The third kappa shape index (κ3) is 4.30. The number of fused-ring (bicyclic) bond motifs is 4. The number of hydrogen-bond acceptors (Lipinski definition) is 8. The molecule has 4 aromatic rings. The van der Waals surface area contributed by atoms with Gasteiger partial charge in [-0.1, -0.05) is 5.24 Å². The van der Waals surface area contributed by atoms with E-state index in [1.807, 2.05) is 6.07 Å². The summed E-state index contributed by atoms with van der Waals surface area (Å²) in [6.07, 6.45) is 7.27. The fourth-order valence-corrected chi connectivity index (χ4v) is 5.49. The van der Waals surface area contributed by atoms with Crippen molar-refractivity contribution in [3.8, 4) is 11.5 Å². The number of nitrogens with one attached hydrogen (secondary N) is 2. The van der Waals surface area contributed by atoms with Crippen molar-refractivity contribution < 1.29 is 13.9 Å². The van der Waals surface area contributed by atoms with E-state index in [-0.39, 0.29) is 11.8 Å². The normalized spacial score (nSPS) is 21.2. The average Bonchev–Trinajstić information content (AvgIpc) is 3.60. The second-order valence-corrected chi connectivity index (χ2v) is 10.5. The molecule has 2 unspecified atom stereocenters. The van der Waals surface area contributed by atoms with Gasteiger partial charge in [-0.25, -0.2) is 15.0 Å². The molecule has 1 amide bonds. The van der Waals surface area contributed by atoms with Gasteiger partial charge < -0.3 is 24.7 Å². The van der Waals surface area contributed by atoms with E-state index in [4.69, 9.17) is 37.7 Å². The first-order valence-electron chi connectivity index (χ1n) is 12.8. The van der Waals surface area contributed by atoms with Crippen LogP contribution in [0.3, 0.4) is 0 Å². The molecule has 2 saturated heterocycles. The zero-order valence-corrected chi connectivity index (χ0v) is 20.7. The number of hydrogen-bond donors (Lipinski definition) is 2. The molecule has 7 rings (SSSR count). The topological polar surface area (TPSA) is 105 Å². The number of rotatable bonds is 6. The maximum absolute atomic E-state index is 12.4. The molecule has 1 saturated carbocycles. The van der Waals surface area contributed by atoms with Crippen LogP contribution in [0.4, 0.5) is 17.3 Å². The van der Waals surface area contributed by atoms with Gasteiger partial charge in [0.25, 0.3) is 0 Å². The molecule has 9 nitrogen and oxygen atoms in total. The van der Waals surface area contributed by atoms with Gasteiger partial charge in [-0.3, -0.25) is 4.79 Å². The lowest BCUT2D eigenvalue weighted by atomic mass is 9.49. The van der Waals surface area contributed by atoms with E-state index in [1.165, 1.54) is 0 Å². The Kier molecular flexibility index (Phi) is 5.44. The van der Waals surface area contributed by atoms with Gasteiger partial charge in [0.15, 0.2) is 5.58 Å². The zero-order valence-electron chi connectivity index (χ0n) is 20.7. The van der Waals surface area contributed by atoms with Crippen molar-refractivity contribution in [1.29, 1.82) is 0 Å². The molecule has 12 heteroatoms. The molecule has 3 fully saturated rings. The van der Waals surface area contributed by atoms with Crippen LogP contribution in [0, 0.1) is 5.92 Å². The summed E-state index contributed by atoms with van der Waals surface area (Å²) in [5.74, 6) is 1.18. The highest BCUT2D eigenvalue weighted by Gasteiger charge is 2.37. The maximum atomic E-state index is 12.4. The van der Waals surface area contributed by atoms with Crippen molar-refractivity contribution in [3.05, 3.63) is 36.7 Å². The van der Waals surface area contributed by atoms with Crippen LogP contribution >= 0.6 is 0 Å². The predicted octanol–water partition coefficient (Wildman–Crippen LogP) is 2.68. The minimum atomic E-state index is -1.69. The minimum Gasteiger partial charge on any atom is -0.436 e. The Morgan fingerprint density at radius 1 is 1.00 bits per heavy atom. The second kappa shape index (κ2) is 8.76. The number of pyridine rings is 2. The number of amides is 1. The summed E-state index contributed by atoms with van der Waals surface area (Å²) in [6, 6.07) is 8.66. The van der Waals surface area contributed by atoms with Crippen molar-refractivity contribution >= 4 is 68.6 Å². The molecule has 2 atom stereocenters. The largest absolute Gasteiger partial charge is 0.436 e. The molecule has 38 heavy (non-hydrogen) atoms. The molecule has 3 aliphatic rings. The Balaban J connectivity index is 1.30. The first-order valence-corrected chi connectivity index (χ1v) is 12.8. The third-order valence-electron chi connectivity index (χ3n) is 7.45. The van der Waals surface area contributed by atoms with Crippen LogP contribution < -0.4 is 15.5 Å². The molecule has 2 aliphatic heterocycles. The number of aromatic nitrogens is 3. The van der Waals surface area contributed by atoms with Crippen LogP contribution in [0.5, 0.6) is 0 Å². The van der Waals surface area contributed by atoms with Crippen LogP contribution in [0.15, 0.2) is 41.1 Å². The van der Waals surface area contributed by atoms with Crippen molar-refractivity contribution in [2.24, 2.45) is 5.92 Å². The van der Waals surface area contributed by atoms with E-state index in [0.29, 0.717) is 51.5 Å². The summed E-state index contributed by atoms with van der Waals surface area (Å²) in [4.78, 5) is 28.6. The van der Waals surface area contributed by atoms with E-state index in [0.717, 1.165) is 50.1 Å². The van der Waals surface area contributed by atoms with Gasteiger partial charge in [0.1, 0.15) is 17.2 Å². The monoisotopic (exact) mass is 500 g/mol. The summed E-state index contributed by atoms with van der Waals surface area (Å²) in [5.41, 5.74) is 3.17. The number of ether oxygens (including phenoxy) is 1. The molecule has 0 spiro atoms. The fourth-order valence-electron chi connectivity index (χ4n) is 5.49. The number of benzene rings is 1. The fraction of sp³-hybridized carbons (Fsp3) is 0.385. The van der Waals surface area contributed by atoms with Crippen LogP contribution in [0.25, 0.3) is 33.3 Å². The highest BCUT2D eigenvalue weighted by atomic mass is 16.5. The van der Waals surface area contributed by atoms with E-state index in [9.17, 15) is 4.79 Å². The van der Waals surface area contributed by atoms with Gasteiger partial charge in [0.2, 0.25) is 11.8 Å². The van der Waals surface area contributed by atoms with Crippen LogP contribution in [0.2, 0.25) is 0 Å². The second-order valence-electron chi connectivity index (χ2n) is 10.5. The van der Waals surface area contributed by atoms with E-state index >= 15 is 0 Å². The van der Waals surface area contributed by atoms with Gasteiger partial charge in [0, 0.05) is 34.8 Å². The zero-order chi connectivity index (χ0) is 26.0. The molecule has 2 bridgehead atoms. The Labute approximate surface area is 223 Å². The molecule has 2 N–H and O–H groups in total. The Morgan fingerprint density at radius 2 is 1.79 bits per heavy atom. The standard InChI is InChI=1S/C26H23B3N6O3/c27-26(28,29)34-23-18-9-30-22(33-24(36)13-1-2-13)8-17(18)19(10-31-23)25-32-20-7-14(5-6-21(20)38-25)35-15-3-4-16(35)12-37-11-15/h5-10,13,15-16H,1-4,11-12H2,(H,31,34)(H,30,33,36). The highest BCUT2D eigenvalue weighted by molar-refractivity contribution is 6.60. The molecular formula is C26H23B3N6O3. The summed E-state index contributed by atoms with van der Waals surface area (Å²) in [7, 11) is 17.3. The number of carbonyl (C=O) groups excluding carboxylic acids is 1. The summed E-state index contributed by atoms with van der Waals surface area (Å²) in [6.45, 7) is 1.50. The van der Waals surface area contributed by atoms with Gasteiger partial charge in [-0.2, -0.15) is 0 Å². The predicted molar refractivity (Wildman–Crippen MR) is 148 cm³/mol. The summed E-state index contributed by atoms with van der Waals surface area (Å²) >= 11 is 0. The number of morpholine rings is 1. The lowest BCUT2D eigenvalue weighted by Crippen LogP contribution is -2.45. The Hall–Kier alpha value is -3.53. The molecule has 3 aromatic heterocycles. The summed E-state index contributed by atoms with van der Waals surface area (Å²) in [5, 5.41) is 5.31. The van der Waals surface area contributed by atoms with Crippen molar-refractivity contribution in [2.75, 3.05) is 28.7 Å². The van der Waals surface area contributed by atoms with E-state index < -0.39 is 5.24 Å². The third-order valence-corrected chi connectivity index (χ3v) is 7.45. The summed E-state index contributed by atoms with van der Waals surface area (Å²) < 4.78 is 11.9.